The number of carbonyl (C=O) groups is 1. The molecule has 94 valence electrons. The van der Waals surface area contributed by atoms with Gasteiger partial charge in [0.15, 0.2) is 11.5 Å². The van der Waals surface area contributed by atoms with Crippen molar-refractivity contribution < 1.29 is 4.79 Å². The lowest BCUT2D eigenvalue weighted by molar-refractivity contribution is -0.114. The number of imidazole rings is 1. The van der Waals surface area contributed by atoms with E-state index in [2.05, 4.69) is 15.3 Å². The molecule has 3 aromatic rings. The highest BCUT2D eigenvalue weighted by molar-refractivity contribution is 5.91. The second-order valence-electron chi connectivity index (χ2n) is 4.18. The first-order chi connectivity index (χ1) is 9.24. The van der Waals surface area contributed by atoms with Crippen LogP contribution in [0.2, 0.25) is 0 Å². The molecule has 5 nitrogen and oxygen atoms in total. The number of carbonyl (C=O) groups excluding carboxylic acids is 1. The number of benzene rings is 1. The zero-order valence-electron chi connectivity index (χ0n) is 10.4. The molecule has 0 aliphatic rings. The van der Waals surface area contributed by atoms with E-state index in [1.165, 1.54) is 6.92 Å². The highest BCUT2D eigenvalue weighted by Crippen LogP contribution is 2.21. The molecular weight excluding hydrogens is 240 g/mol. The van der Waals surface area contributed by atoms with Gasteiger partial charge in [0.1, 0.15) is 0 Å². The second-order valence-corrected chi connectivity index (χ2v) is 4.18. The van der Waals surface area contributed by atoms with Crippen molar-refractivity contribution in [3.8, 4) is 11.3 Å². The van der Waals surface area contributed by atoms with Gasteiger partial charge in [0.25, 0.3) is 0 Å². The van der Waals surface area contributed by atoms with Crippen LogP contribution < -0.4 is 5.32 Å². The van der Waals surface area contributed by atoms with Crippen LogP contribution in [0.1, 0.15) is 6.92 Å². The van der Waals surface area contributed by atoms with Crippen LogP contribution in [-0.2, 0) is 4.79 Å². The Bertz CT molecular complexity index is 734. The monoisotopic (exact) mass is 252 g/mol. The smallest absolute Gasteiger partial charge is 0.222 e. The summed E-state index contributed by atoms with van der Waals surface area (Å²) in [6, 6.07) is 9.81. The van der Waals surface area contributed by atoms with Crippen LogP contribution in [0.5, 0.6) is 0 Å². The maximum atomic E-state index is 11.2. The zero-order chi connectivity index (χ0) is 13.2. The minimum atomic E-state index is -0.164. The molecular formula is C14H12N4O. The van der Waals surface area contributed by atoms with Gasteiger partial charge in [-0.25, -0.2) is 9.97 Å². The minimum Gasteiger partial charge on any atom is -0.308 e. The molecule has 0 aliphatic carbocycles. The van der Waals surface area contributed by atoms with E-state index < -0.39 is 0 Å². The van der Waals surface area contributed by atoms with Crippen LogP contribution in [0.3, 0.4) is 0 Å². The Balaban J connectivity index is 2.19. The summed E-state index contributed by atoms with van der Waals surface area (Å²) >= 11 is 0. The van der Waals surface area contributed by atoms with Crippen molar-refractivity contribution in [3.05, 3.63) is 48.9 Å². The van der Waals surface area contributed by atoms with E-state index in [4.69, 9.17) is 0 Å². The normalized spacial score (nSPS) is 10.6. The quantitative estimate of drug-likeness (QED) is 0.761. The Morgan fingerprint density at radius 1 is 1.26 bits per heavy atom. The van der Waals surface area contributed by atoms with Gasteiger partial charge in [-0.3, -0.25) is 4.79 Å². The molecule has 3 rings (SSSR count). The van der Waals surface area contributed by atoms with Gasteiger partial charge in [-0.2, -0.15) is 0 Å². The average molecular weight is 252 g/mol. The van der Waals surface area contributed by atoms with Crippen molar-refractivity contribution in [2.24, 2.45) is 0 Å². The van der Waals surface area contributed by atoms with Crippen molar-refractivity contribution in [1.29, 1.82) is 0 Å². The van der Waals surface area contributed by atoms with E-state index in [1.807, 2.05) is 47.1 Å². The predicted octanol–water partition coefficient (Wildman–Crippen LogP) is 2.35. The number of amides is 1. The van der Waals surface area contributed by atoms with Gasteiger partial charge >= 0.3 is 0 Å². The first-order valence-corrected chi connectivity index (χ1v) is 5.91. The lowest BCUT2D eigenvalue weighted by Gasteiger charge is -2.07. The molecule has 2 aromatic heterocycles. The van der Waals surface area contributed by atoms with Gasteiger partial charge in [-0.15, -0.1) is 0 Å². The molecule has 0 saturated heterocycles. The fourth-order valence-electron chi connectivity index (χ4n) is 1.93. The van der Waals surface area contributed by atoms with Crippen molar-refractivity contribution in [2.45, 2.75) is 6.92 Å². The average Bonchev–Trinajstić information content (AvgIpc) is 2.87. The van der Waals surface area contributed by atoms with Gasteiger partial charge < -0.3 is 9.72 Å². The zero-order valence-corrected chi connectivity index (χ0v) is 10.4. The largest absolute Gasteiger partial charge is 0.308 e. The third kappa shape index (κ3) is 2.18. The molecule has 0 bridgehead atoms. The number of rotatable bonds is 2. The van der Waals surface area contributed by atoms with Crippen molar-refractivity contribution in [2.75, 3.05) is 5.32 Å². The summed E-state index contributed by atoms with van der Waals surface area (Å²) in [6.45, 7) is 1.45. The number of nitrogens with one attached hydrogen (secondary N) is 1. The molecule has 0 unspecified atom stereocenters. The molecule has 0 radical (unpaired) electrons. The summed E-state index contributed by atoms with van der Waals surface area (Å²) in [4.78, 5) is 19.9. The summed E-state index contributed by atoms with van der Waals surface area (Å²) in [5, 5.41) is 2.71. The number of fused-ring (bicyclic) bond motifs is 1. The summed E-state index contributed by atoms with van der Waals surface area (Å²) in [6.07, 6.45) is 5.40. The fourth-order valence-corrected chi connectivity index (χ4v) is 1.93. The molecule has 1 aromatic carbocycles. The van der Waals surface area contributed by atoms with E-state index in [1.54, 1.807) is 6.20 Å². The first kappa shape index (κ1) is 11.4. The minimum absolute atomic E-state index is 0.164. The third-order valence-electron chi connectivity index (χ3n) is 2.74. The Kier molecular flexibility index (Phi) is 2.72. The Morgan fingerprint density at radius 2 is 2.05 bits per heavy atom. The lowest BCUT2D eigenvalue weighted by atomic mass is 10.2. The maximum absolute atomic E-state index is 11.2. The molecule has 2 heterocycles. The van der Waals surface area contributed by atoms with Crippen LogP contribution >= 0.6 is 0 Å². The lowest BCUT2D eigenvalue weighted by Crippen LogP contribution is -2.09. The molecule has 0 saturated carbocycles. The Hall–Kier alpha value is -2.69. The topological polar surface area (TPSA) is 59.3 Å². The van der Waals surface area contributed by atoms with Crippen LogP contribution in [0.4, 0.5) is 5.82 Å². The van der Waals surface area contributed by atoms with Crippen molar-refractivity contribution in [3.63, 3.8) is 0 Å². The number of hydrogen-bond acceptors (Lipinski definition) is 3. The van der Waals surface area contributed by atoms with Gasteiger partial charge in [-0.05, 0) is 0 Å². The first-order valence-electron chi connectivity index (χ1n) is 5.91. The standard InChI is InChI=1S/C14H12N4O/c1-10(19)16-13-14-15-7-8-18(14)9-12(17-13)11-5-3-2-4-6-11/h2-9H,1H3,(H,16,17,19). The van der Waals surface area contributed by atoms with Crippen LogP contribution in [-0.4, -0.2) is 20.3 Å². The number of nitrogens with zero attached hydrogens (tertiary/aromatic N) is 3. The molecule has 0 atom stereocenters. The third-order valence-corrected chi connectivity index (χ3v) is 2.74. The number of aromatic nitrogens is 3. The summed E-state index contributed by atoms with van der Waals surface area (Å²) < 4.78 is 1.85. The van der Waals surface area contributed by atoms with Crippen molar-refractivity contribution in [1.82, 2.24) is 14.4 Å². The van der Waals surface area contributed by atoms with Gasteiger partial charge in [0.2, 0.25) is 5.91 Å². The van der Waals surface area contributed by atoms with Crippen LogP contribution in [0, 0.1) is 0 Å². The van der Waals surface area contributed by atoms with E-state index in [-0.39, 0.29) is 5.91 Å². The molecule has 0 fully saturated rings. The molecule has 0 spiro atoms. The summed E-state index contributed by atoms with van der Waals surface area (Å²) in [5.74, 6) is 0.307. The predicted molar refractivity (Wildman–Crippen MR) is 72.7 cm³/mol. The Labute approximate surface area is 109 Å². The van der Waals surface area contributed by atoms with E-state index in [0.29, 0.717) is 11.5 Å². The fraction of sp³-hybridized carbons (Fsp3) is 0.0714. The Morgan fingerprint density at radius 3 is 2.79 bits per heavy atom. The van der Waals surface area contributed by atoms with Crippen molar-refractivity contribution >= 4 is 17.4 Å². The second kappa shape index (κ2) is 4.53. The molecule has 19 heavy (non-hydrogen) atoms. The van der Waals surface area contributed by atoms with Gasteiger partial charge in [-0.1, -0.05) is 30.3 Å². The number of hydrogen-bond donors (Lipinski definition) is 1. The van der Waals surface area contributed by atoms with Crippen LogP contribution in [0.15, 0.2) is 48.9 Å². The summed E-state index contributed by atoms with van der Waals surface area (Å²) in [5.41, 5.74) is 2.41. The van der Waals surface area contributed by atoms with Gasteiger partial charge in [0.05, 0.1) is 5.69 Å². The highest BCUT2D eigenvalue weighted by Gasteiger charge is 2.09. The number of anilines is 1. The van der Waals surface area contributed by atoms with E-state index >= 15 is 0 Å². The van der Waals surface area contributed by atoms with E-state index in [9.17, 15) is 4.79 Å². The highest BCUT2D eigenvalue weighted by atomic mass is 16.1. The molecule has 0 aliphatic heterocycles. The summed E-state index contributed by atoms with van der Waals surface area (Å²) in [7, 11) is 0. The van der Waals surface area contributed by atoms with E-state index in [0.717, 1.165) is 11.3 Å². The molecule has 1 N–H and O–H groups in total. The SMILES string of the molecule is CC(=O)Nc1nc(-c2ccccc2)cn2ccnc12. The van der Waals surface area contributed by atoms with Crippen LogP contribution in [0.25, 0.3) is 16.9 Å². The maximum Gasteiger partial charge on any atom is 0.222 e. The van der Waals surface area contributed by atoms with Gasteiger partial charge in [0, 0.05) is 31.1 Å². The molecule has 5 heteroatoms. The molecule has 1 amide bonds.